The van der Waals surface area contributed by atoms with Crippen molar-refractivity contribution in [2.75, 3.05) is 17.2 Å². The Bertz CT molecular complexity index is 1270. The molecule has 0 unspecified atom stereocenters. The van der Waals surface area contributed by atoms with E-state index in [0.29, 0.717) is 46.0 Å². The van der Waals surface area contributed by atoms with E-state index < -0.39 is 0 Å². The highest BCUT2D eigenvalue weighted by Crippen LogP contribution is 2.31. The van der Waals surface area contributed by atoms with Crippen LogP contribution < -0.4 is 15.4 Å². The first-order chi connectivity index (χ1) is 15.5. The summed E-state index contributed by atoms with van der Waals surface area (Å²) >= 11 is 12.5. The molecule has 1 heterocycles. The molecule has 162 valence electrons. The molecule has 32 heavy (non-hydrogen) atoms. The summed E-state index contributed by atoms with van der Waals surface area (Å²) < 4.78 is 5.94. The maximum absolute atomic E-state index is 11.7. The summed E-state index contributed by atoms with van der Waals surface area (Å²) in [6.45, 7) is 3.91. The summed E-state index contributed by atoms with van der Waals surface area (Å²) in [5, 5.41) is 15.5. The standard InChI is InChI=1S/C24H20Cl2N4O2/c1-2-23(31)27-21-8-3-4-9-22(21)28-24-17-14-15(10-11-20(17)29-30-24)32-13-12-16-18(25)6-5-7-19(16)26/h2-11,14H,1,12-13H2,(H,27,31)(H2,28,29,30). The molecule has 0 bridgehead atoms. The van der Waals surface area contributed by atoms with Crippen molar-refractivity contribution in [3.05, 3.63) is 88.9 Å². The molecule has 0 atom stereocenters. The molecule has 0 radical (unpaired) electrons. The number of aromatic amines is 1. The molecule has 0 fully saturated rings. The number of hydrogen-bond donors (Lipinski definition) is 3. The number of halogens is 2. The van der Waals surface area contributed by atoms with Crippen molar-refractivity contribution in [2.45, 2.75) is 6.42 Å². The van der Waals surface area contributed by atoms with E-state index >= 15 is 0 Å². The molecule has 1 amide bonds. The largest absolute Gasteiger partial charge is 0.493 e. The zero-order valence-corrected chi connectivity index (χ0v) is 18.5. The Morgan fingerprint density at radius 3 is 2.56 bits per heavy atom. The van der Waals surface area contributed by atoms with E-state index in [1.165, 1.54) is 6.08 Å². The molecule has 0 aliphatic carbocycles. The number of benzene rings is 3. The first kappa shape index (κ1) is 21.7. The lowest BCUT2D eigenvalue weighted by Gasteiger charge is -2.11. The second-order valence-corrected chi connectivity index (χ2v) is 7.76. The summed E-state index contributed by atoms with van der Waals surface area (Å²) in [5.41, 5.74) is 3.04. The lowest BCUT2D eigenvalue weighted by molar-refractivity contribution is -0.111. The molecule has 4 rings (SSSR count). The van der Waals surface area contributed by atoms with Crippen LogP contribution in [-0.4, -0.2) is 22.7 Å². The number of carbonyl (C=O) groups is 1. The van der Waals surface area contributed by atoms with Gasteiger partial charge in [0.25, 0.3) is 0 Å². The molecule has 1 aromatic heterocycles. The molecule has 3 aromatic carbocycles. The van der Waals surface area contributed by atoms with Gasteiger partial charge in [0, 0.05) is 21.9 Å². The lowest BCUT2D eigenvalue weighted by Crippen LogP contribution is -2.09. The normalized spacial score (nSPS) is 10.7. The number of rotatable bonds is 8. The van der Waals surface area contributed by atoms with Crippen LogP contribution in [0.2, 0.25) is 10.0 Å². The van der Waals surface area contributed by atoms with Crippen LogP contribution in [0.3, 0.4) is 0 Å². The molecule has 3 N–H and O–H groups in total. The van der Waals surface area contributed by atoms with Crippen molar-refractivity contribution in [2.24, 2.45) is 0 Å². The van der Waals surface area contributed by atoms with E-state index in [9.17, 15) is 4.79 Å². The van der Waals surface area contributed by atoms with E-state index in [1.54, 1.807) is 6.07 Å². The van der Waals surface area contributed by atoms with Crippen molar-refractivity contribution in [3.63, 3.8) is 0 Å². The van der Waals surface area contributed by atoms with Crippen molar-refractivity contribution >= 4 is 57.2 Å². The number of para-hydroxylation sites is 2. The number of nitrogens with zero attached hydrogens (tertiary/aromatic N) is 1. The third kappa shape index (κ3) is 4.88. The summed E-state index contributed by atoms with van der Waals surface area (Å²) in [6.07, 6.45) is 1.81. The second-order valence-electron chi connectivity index (χ2n) is 6.94. The molecular weight excluding hydrogens is 447 g/mol. The summed E-state index contributed by atoms with van der Waals surface area (Å²) in [7, 11) is 0. The molecule has 0 aliphatic heterocycles. The molecular formula is C24H20Cl2N4O2. The van der Waals surface area contributed by atoms with Crippen molar-refractivity contribution < 1.29 is 9.53 Å². The molecule has 0 spiro atoms. The van der Waals surface area contributed by atoms with Crippen molar-refractivity contribution in [3.8, 4) is 5.75 Å². The van der Waals surface area contributed by atoms with Crippen LogP contribution >= 0.6 is 23.2 Å². The fraction of sp³-hybridized carbons (Fsp3) is 0.0833. The summed E-state index contributed by atoms with van der Waals surface area (Å²) in [5.74, 6) is 1.01. The van der Waals surface area contributed by atoms with Crippen LogP contribution in [0.1, 0.15) is 5.56 Å². The quantitative estimate of drug-likeness (QED) is 0.264. The molecule has 0 saturated carbocycles. The zero-order chi connectivity index (χ0) is 22.5. The highest BCUT2D eigenvalue weighted by atomic mass is 35.5. The van der Waals surface area contributed by atoms with Gasteiger partial charge >= 0.3 is 0 Å². The van der Waals surface area contributed by atoms with Crippen LogP contribution in [0.5, 0.6) is 5.75 Å². The van der Waals surface area contributed by atoms with E-state index in [4.69, 9.17) is 27.9 Å². The molecule has 6 nitrogen and oxygen atoms in total. The number of nitrogens with one attached hydrogen (secondary N) is 3. The van der Waals surface area contributed by atoms with Gasteiger partial charge in [0.1, 0.15) is 5.75 Å². The Morgan fingerprint density at radius 2 is 1.81 bits per heavy atom. The smallest absolute Gasteiger partial charge is 0.247 e. The summed E-state index contributed by atoms with van der Waals surface area (Å²) in [4.78, 5) is 11.7. The van der Waals surface area contributed by atoms with Crippen molar-refractivity contribution in [1.82, 2.24) is 10.2 Å². The van der Waals surface area contributed by atoms with Gasteiger partial charge in [-0.2, -0.15) is 5.10 Å². The van der Waals surface area contributed by atoms with Crippen LogP contribution in [-0.2, 0) is 11.2 Å². The number of fused-ring (bicyclic) bond motifs is 1. The number of carbonyl (C=O) groups excluding carboxylic acids is 1. The van der Waals surface area contributed by atoms with Crippen LogP contribution in [0, 0.1) is 0 Å². The monoisotopic (exact) mass is 466 g/mol. The zero-order valence-electron chi connectivity index (χ0n) is 17.0. The highest BCUT2D eigenvalue weighted by molar-refractivity contribution is 6.36. The Balaban J connectivity index is 1.51. The third-order valence-electron chi connectivity index (χ3n) is 4.84. The predicted molar refractivity (Wildman–Crippen MR) is 130 cm³/mol. The van der Waals surface area contributed by atoms with Gasteiger partial charge < -0.3 is 15.4 Å². The van der Waals surface area contributed by atoms with Crippen LogP contribution in [0.4, 0.5) is 17.2 Å². The van der Waals surface area contributed by atoms with Gasteiger partial charge in [-0.3, -0.25) is 9.89 Å². The highest BCUT2D eigenvalue weighted by Gasteiger charge is 2.11. The Labute approximate surface area is 195 Å². The predicted octanol–water partition coefficient (Wildman–Crippen LogP) is 6.36. The van der Waals surface area contributed by atoms with E-state index in [-0.39, 0.29) is 5.91 Å². The molecule has 4 aromatic rings. The van der Waals surface area contributed by atoms with E-state index in [0.717, 1.165) is 16.5 Å². The van der Waals surface area contributed by atoms with Gasteiger partial charge in [0.15, 0.2) is 5.82 Å². The minimum absolute atomic E-state index is 0.291. The average molecular weight is 467 g/mol. The number of ether oxygens (including phenoxy) is 1. The maximum Gasteiger partial charge on any atom is 0.247 e. The minimum Gasteiger partial charge on any atom is -0.493 e. The first-order valence-corrected chi connectivity index (χ1v) is 10.6. The number of anilines is 3. The van der Waals surface area contributed by atoms with E-state index in [1.807, 2.05) is 54.6 Å². The number of aromatic nitrogens is 2. The van der Waals surface area contributed by atoms with Gasteiger partial charge in [-0.1, -0.05) is 48.0 Å². The van der Waals surface area contributed by atoms with Gasteiger partial charge in [-0.15, -0.1) is 0 Å². The van der Waals surface area contributed by atoms with Gasteiger partial charge in [-0.05, 0) is 54.1 Å². The van der Waals surface area contributed by atoms with Gasteiger partial charge in [0.05, 0.1) is 23.5 Å². The first-order valence-electron chi connectivity index (χ1n) is 9.88. The van der Waals surface area contributed by atoms with E-state index in [2.05, 4.69) is 27.4 Å². The summed E-state index contributed by atoms with van der Waals surface area (Å²) in [6, 6.07) is 18.5. The minimum atomic E-state index is -0.291. The molecule has 0 saturated heterocycles. The average Bonchev–Trinajstić information content (AvgIpc) is 3.19. The van der Waals surface area contributed by atoms with Gasteiger partial charge in [-0.25, -0.2) is 0 Å². The van der Waals surface area contributed by atoms with Gasteiger partial charge in [0.2, 0.25) is 5.91 Å². The van der Waals surface area contributed by atoms with Crippen LogP contribution in [0.15, 0.2) is 73.3 Å². The fourth-order valence-electron chi connectivity index (χ4n) is 3.23. The maximum atomic E-state index is 11.7. The SMILES string of the molecule is C=CC(=O)Nc1ccccc1Nc1n[nH]c2ccc(OCCc3c(Cl)cccc3Cl)cc12. The number of H-pyrrole nitrogens is 1. The topological polar surface area (TPSA) is 79.0 Å². The third-order valence-corrected chi connectivity index (χ3v) is 5.55. The number of amides is 1. The van der Waals surface area contributed by atoms with Crippen LogP contribution in [0.25, 0.3) is 10.9 Å². The fourth-order valence-corrected chi connectivity index (χ4v) is 3.82. The Hall–Kier alpha value is -3.48. The molecule has 8 heteroatoms. The van der Waals surface area contributed by atoms with Crippen molar-refractivity contribution in [1.29, 1.82) is 0 Å². The number of hydrogen-bond acceptors (Lipinski definition) is 4. The molecule has 0 aliphatic rings. The second kappa shape index (κ2) is 9.77. The Kier molecular flexibility index (Phi) is 6.63. The Morgan fingerprint density at radius 1 is 1.06 bits per heavy atom. The lowest BCUT2D eigenvalue weighted by atomic mass is 10.1.